The predicted octanol–water partition coefficient (Wildman–Crippen LogP) is 1.54. The molecule has 90 valence electrons. The van der Waals surface area contributed by atoms with Gasteiger partial charge >= 0.3 is 0 Å². The molecule has 3 rings (SSSR count). The summed E-state index contributed by atoms with van der Waals surface area (Å²) in [5, 5.41) is 7.70. The quantitative estimate of drug-likeness (QED) is 0.701. The first-order valence-electron chi connectivity index (χ1n) is 5.55. The van der Waals surface area contributed by atoms with Crippen molar-refractivity contribution >= 4 is 28.4 Å². The number of benzene rings is 1. The second-order valence-corrected chi connectivity index (χ2v) is 4.03. The van der Waals surface area contributed by atoms with Crippen LogP contribution in [0.2, 0.25) is 0 Å². The van der Waals surface area contributed by atoms with E-state index >= 15 is 0 Å². The van der Waals surface area contributed by atoms with Crippen molar-refractivity contribution in [3.05, 3.63) is 30.1 Å². The van der Waals surface area contributed by atoms with Gasteiger partial charge < -0.3 is 0 Å². The molecule has 6 nitrogen and oxygen atoms in total. The van der Waals surface area contributed by atoms with E-state index in [4.69, 9.17) is 0 Å². The second kappa shape index (κ2) is 3.76. The second-order valence-electron chi connectivity index (χ2n) is 4.03. The lowest BCUT2D eigenvalue weighted by atomic mass is 10.2. The summed E-state index contributed by atoms with van der Waals surface area (Å²) in [6, 6.07) is 7.71. The molecule has 0 saturated heterocycles. The molecule has 1 N–H and O–H groups in total. The van der Waals surface area contributed by atoms with Gasteiger partial charge in [-0.2, -0.15) is 9.50 Å². The van der Waals surface area contributed by atoms with Crippen molar-refractivity contribution in [2.75, 3.05) is 5.32 Å². The van der Waals surface area contributed by atoms with Gasteiger partial charge in [-0.1, -0.05) is 12.1 Å². The van der Waals surface area contributed by atoms with Gasteiger partial charge in [0.05, 0.1) is 5.52 Å². The number of carbonyl (C=O) groups is 1. The highest BCUT2D eigenvalue weighted by atomic mass is 16.1. The molecule has 0 spiro atoms. The van der Waals surface area contributed by atoms with E-state index in [1.807, 2.05) is 31.2 Å². The van der Waals surface area contributed by atoms with E-state index in [0.29, 0.717) is 11.6 Å². The minimum atomic E-state index is -0.194. The number of nitrogens with one attached hydrogen (secondary N) is 1. The van der Waals surface area contributed by atoms with E-state index in [2.05, 4.69) is 20.4 Å². The highest BCUT2D eigenvalue weighted by Crippen LogP contribution is 2.18. The van der Waals surface area contributed by atoms with Gasteiger partial charge in [-0.15, -0.1) is 5.10 Å². The van der Waals surface area contributed by atoms with E-state index in [0.717, 1.165) is 16.7 Å². The molecule has 2 heterocycles. The Labute approximate surface area is 103 Å². The largest absolute Gasteiger partial charge is 0.293 e. The first-order valence-corrected chi connectivity index (χ1v) is 5.55. The summed E-state index contributed by atoms with van der Waals surface area (Å²) in [5.74, 6) is 0.831. The molecule has 0 aliphatic rings. The number of rotatable bonds is 1. The first kappa shape index (κ1) is 10.6. The lowest BCUT2D eigenvalue weighted by Gasteiger charge is -2.01. The third kappa shape index (κ3) is 1.58. The molecule has 0 aliphatic carbocycles. The van der Waals surface area contributed by atoms with E-state index < -0.39 is 0 Å². The van der Waals surface area contributed by atoms with Crippen molar-refractivity contribution in [1.29, 1.82) is 0 Å². The Balaban J connectivity index is 2.34. The molecule has 0 fully saturated rings. The van der Waals surface area contributed by atoms with Gasteiger partial charge in [-0.05, 0) is 19.1 Å². The molecule has 0 saturated carbocycles. The molecule has 2 aromatic heterocycles. The van der Waals surface area contributed by atoms with Crippen LogP contribution in [0.3, 0.4) is 0 Å². The Kier molecular flexibility index (Phi) is 2.22. The number of aryl methyl sites for hydroxylation is 1. The van der Waals surface area contributed by atoms with Crippen molar-refractivity contribution in [1.82, 2.24) is 19.6 Å². The van der Waals surface area contributed by atoms with Gasteiger partial charge in [0.15, 0.2) is 5.65 Å². The zero-order valence-corrected chi connectivity index (χ0v) is 10.0. The third-order valence-corrected chi connectivity index (χ3v) is 2.63. The number of hydrogen-bond acceptors (Lipinski definition) is 4. The number of aromatic nitrogens is 4. The van der Waals surface area contributed by atoms with Crippen LogP contribution in [0.15, 0.2) is 24.3 Å². The molecule has 1 aromatic carbocycles. The van der Waals surface area contributed by atoms with Crippen molar-refractivity contribution < 1.29 is 4.79 Å². The van der Waals surface area contributed by atoms with Gasteiger partial charge in [0.2, 0.25) is 11.9 Å². The average Bonchev–Trinajstić information content (AvgIpc) is 2.73. The maximum absolute atomic E-state index is 11.0. The maximum Gasteiger partial charge on any atom is 0.249 e. The van der Waals surface area contributed by atoms with Crippen molar-refractivity contribution in [2.24, 2.45) is 0 Å². The van der Waals surface area contributed by atoms with Gasteiger partial charge in [-0.3, -0.25) is 10.1 Å². The number of fused-ring (bicyclic) bond motifs is 3. The summed E-state index contributed by atoms with van der Waals surface area (Å²) < 4.78 is 1.63. The average molecular weight is 241 g/mol. The Morgan fingerprint density at radius 2 is 2.06 bits per heavy atom. The van der Waals surface area contributed by atoms with Crippen LogP contribution in [0.5, 0.6) is 0 Å². The molecule has 1 amide bonds. The standard InChI is InChI=1S/C12H11N5O/c1-7-13-10-6-4-3-5-9(10)11-15-12(14-8(2)18)16-17(7)11/h3-6H,1-2H3,(H,14,16,18). The fourth-order valence-electron chi connectivity index (χ4n) is 1.90. The number of amides is 1. The van der Waals surface area contributed by atoms with Gasteiger partial charge in [0, 0.05) is 12.3 Å². The number of anilines is 1. The Hall–Kier alpha value is -2.50. The van der Waals surface area contributed by atoms with E-state index in [9.17, 15) is 4.79 Å². The summed E-state index contributed by atoms with van der Waals surface area (Å²) in [5.41, 5.74) is 1.56. The number of para-hydroxylation sites is 1. The smallest absolute Gasteiger partial charge is 0.249 e. The molecule has 6 heteroatoms. The van der Waals surface area contributed by atoms with E-state index in [1.165, 1.54) is 6.92 Å². The molecule has 0 aliphatic heterocycles. The van der Waals surface area contributed by atoms with E-state index in [1.54, 1.807) is 4.52 Å². The normalized spacial score (nSPS) is 11.0. The molecular formula is C12H11N5O. The predicted molar refractivity (Wildman–Crippen MR) is 67.3 cm³/mol. The van der Waals surface area contributed by atoms with Crippen LogP contribution in [0, 0.1) is 6.92 Å². The summed E-state index contributed by atoms with van der Waals surface area (Å²) in [6.07, 6.45) is 0. The van der Waals surface area contributed by atoms with Gasteiger partial charge in [0.1, 0.15) is 5.82 Å². The van der Waals surface area contributed by atoms with Crippen molar-refractivity contribution in [3.63, 3.8) is 0 Å². The lowest BCUT2D eigenvalue weighted by molar-refractivity contribution is -0.114. The minimum Gasteiger partial charge on any atom is -0.293 e. The first-order chi connectivity index (χ1) is 8.65. The Morgan fingerprint density at radius 3 is 2.83 bits per heavy atom. The van der Waals surface area contributed by atoms with Crippen LogP contribution in [0.1, 0.15) is 12.7 Å². The summed E-state index contributed by atoms with van der Waals surface area (Å²) in [6.45, 7) is 3.28. The molecule has 18 heavy (non-hydrogen) atoms. The molecule has 0 radical (unpaired) electrons. The molecule has 0 atom stereocenters. The number of carbonyl (C=O) groups excluding carboxylic acids is 1. The maximum atomic E-state index is 11.0. The lowest BCUT2D eigenvalue weighted by Crippen LogP contribution is -2.07. The summed E-state index contributed by atoms with van der Waals surface area (Å²) in [4.78, 5) is 19.8. The van der Waals surface area contributed by atoms with Crippen molar-refractivity contribution in [3.8, 4) is 0 Å². The van der Waals surface area contributed by atoms with Crippen LogP contribution >= 0.6 is 0 Å². The third-order valence-electron chi connectivity index (χ3n) is 2.63. The number of nitrogens with zero attached hydrogens (tertiary/aromatic N) is 4. The molecular weight excluding hydrogens is 230 g/mol. The topological polar surface area (TPSA) is 72.2 Å². The fraction of sp³-hybridized carbons (Fsp3) is 0.167. The van der Waals surface area contributed by atoms with Crippen LogP contribution in [-0.2, 0) is 4.79 Å². The monoisotopic (exact) mass is 241 g/mol. The van der Waals surface area contributed by atoms with E-state index in [-0.39, 0.29) is 5.91 Å². The molecule has 0 bridgehead atoms. The number of hydrogen-bond donors (Lipinski definition) is 1. The summed E-state index contributed by atoms with van der Waals surface area (Å²) in [7, 11) is 0. The van der Waals surface area contributed by atoms with Crippen LogP contribution < -0.4 is 5.32 Å². The van der Waals surface area contributed by atoms with Crippen molar-refractivity contribution in [2.45, 2.75) is 13.8 Å². The summed E-state index contributed by atoms with van der Waals surface area (Å²) >= 11 is 0. The zero-order valence-electron chi connectivity index (χ0n) is 10.0. The van der Waals surface area contributed by atoms with Crippen LogP contribution in [0.4, 0.5) is 5.95 Å². The minimum absolute atomic E-state index is 0.194. The SMILES string of the molecule is CC(=O)Nc1nc2c3ccccc3nc(C)n2n1. The molecule has 3 aromatic rings. The Morgan fingerprint density at radius 1 is 1.28 bits per heavy atom. The highest BCUT2D eigenvalue weighted by molar-refractivity contribution is 5.92. The fourth-order valence-corrected chi connectivity index (χ4v) is 1.90. The van der Waals surface area contributed by atoms with Crippen LogP contribution in [0.25, 0.3) is 16.6 Å². The van der Waals surface area contributed by atoms with Crippen LogP contribution in [-0.4, -0.2) is 25.5 Å². The zero-order chi connectivity index (χ0) is 12.7. The highest BCUT2D eigenvalue weighted by Gasteiger charge is 2.11. The Bertz CT molecular complexity index is 762. The molecule has 0 unspecified atom stereocenters. The van der Waals surface area contributed by atoms with Gasteiger partial charge in [-0.25, -0.2) is 4.98 Å². The van der Waals surface area contributed by atoms with Gasteiger partial charge in [0.25, 0.3) is 0 Å².